The van der Waals surface area contributed by atoms with E-state index in [0.717, 1.165) is 30.8 Å². The summed E-state index contributed by atoms with van der Waals surface area (Å²) in [5, 5.41) is 16.6. The number of amides is 3. The summed E-state index contributed by atoms with van der Waals surface area (Å²) in [6, 6.07) is 2.74. The van der Waals surface area contributed by atoms with Gasteiger partial charge in [-0.05, 0) is 43.5 Å². The molecule has 0 aliphatic carbocycles. The second kappa shape index (κ2) is 7.18. The molecule has 2 saturated heterocycles. The van der Waals surface area contributed by atoms with Crippen LogP contribution in [0.3, 0.4) is 0 Å². The van der Waals surface area contributed by atoms with Crippen LogP contribution in [-0.2, 0) is 4.79 Å². The van der Waals surface area contributed by atoms with Gasteiger partial charge in [-0.1, -0.05) is 6.07 Å². The van der Waals surface area contributed by atoms with Gasteiger partial charge in [0, 0.05) is 25.6 Å². The second-order valence-electron chi connectivity index (χ2n) is 6.27. The third-order valence-electron chi connectivity index (χ3n) is 4.78. The number of piperidine rings is 1. The lowest BCUT2D eigenvalue weighted by molar-refractivity contribution is -0.121. The Morgan fingerprint density at radius 2 is 2.04 bits per heavy atom. The molecule has 3 rings (SSSR count). The highest BCUT2D eigenvalue weighted by Gasteiger charge is 2.29. The van der Waals surface area contributed by atoms with Gasteiger partial charge in [0.15, 0.2) is 0 Å². The predicted octanol–water partition coefficient (Wildman–Crippen LogP) is 1.60. The molecule has 0 atom stereocenters. The lowest BCUT2D eigenvalue weighted by atomic mass is 9.88. The Bertz CT molecular complexity index is 715. The Morgan fingerprint density at radius 1 is 1.32 bits per heavy atom. The maximum atomic E-state index is 15.1. The van der Waals surface area contributed by atoms with Gasteiger partial charge in [-0.25, -0.2) is 9.18 Å². The first-order valence-electron chi connectivity index (χ1n) is 8.44. The predicted molar refractivity (Wildman–Crippen MR) is 92.5 cm³/mol. The van der Waals surface area contributed by atoms with Crippen molar-refractivity contribution in [2.24, 2.45) is 0 Å². The number of urea groups is 1. The summed E-state index contributed by atoms with van der Waals surface area (Å²) in [6.45, 7) is 1.83. The van der Waals surface area contributed by atoms with Gasteiger partial charge in [-0.3, -0.25) is 20.4 Å². The molecule has 7 nitrogen and oxygen atoms in total. The smallest absolute Gasteiger partial charge is 0.329 e. The summed E-state index contributed by atoms with van der Waals surface area (Å²) < 4.78 is 15.1. The molecule has 3 amide bonds. The Morgan fingerprint density at radius 3 is 2.68 bits per heavy atom. The number of rotatable bonds is 3. The van der Waals surface area contributed by atoms with E-state index in [9.17, 15) is 9.59 Å². The van der Waals surface area contributed by atoms with Crippen LogP contribution in [0.15, 0.2) is 12.1 Å². The fraction of sp³-hybridized carbons (Fsp3) is 0.471. The highest BCUT2D eigenvalue weighted by molar-refractivity contribution is 6.12. The molecule has 1 aromatic rings. The van der Waals surface area contributed by atoms with E-state index in [1.54, 1.807) is 19.2 Å². The quantitative estimate of drug-likeness (QED) is 0.493. The van der Waals surface area contributed by atoms with Gasteiger partial charge in [0.2, 0.25) is 5.91 Å². The van der Waals surface area contributed by atoms with Crippen LogP contribution in [0.4, 0.5) is 14.9 Å². The van der Waals surface area contributed by atoms with E-state index in [4.69, 9.17) is 5.41 Å². The van der Waals surface area contributed by atoms with E-state index in [1.807, 2.05) is 0 Å². The summed E-state index contributed by atoms with van der Waals surface area (Å²) in [6.07, 6.45) is 1.86. The molecular weight excluding hydrogens is 325 g/mol. The third-order valence-corrected chi connectivity index (χ3v) is 4.78. The van der Waals surface area contributed by atoms with Crippen LogP contribution in [0.5, 0.6) is 0 Å². The molecule has 0 bridgehead atoms. The zero-order valence-corrected chi connectivity index (χ0v) is 14.1. The van der Waals surface area contributed by atoms with Crippen molar-refractivity contribution in [1.29, 1.82) is 5.41 Å². The zero-order valence-electron chi connectivity index (χ0n) is 14.1. The Labute approximate surface area is 145 Å². The fourth-order valence-corrected chi connectivity index (χ4v) is 3.41. The van der Waals surface area contributed by atoms with Crippen molar-refractivity contribution in [1.82, 2.24) is 15.5 Å². The molecule has 1 aromatic carbocycles. The minimum atomic E-state index is -0.647. The average molecular weight is 347 g/mol. The maximum Gasteiger partial charge on any atom is 0.329 e. The van der Waals surface area contributed by atoms with E-state index in [1.165, 1.54) is 0 Å². The first kappa shape index (κ1) is 17.3. The lowest BCUT2D eigenvalue weighted by Gasteiger charge is -2.29. The summed E-state index contributed by atoms with van der Waals surface area (Å²) in [5.41, 5.74) is 1.16. The molecule has 4 N–H and O–H groups in total. The van der Waals surface area contributed by atoms with Crippen molar-refractivity contribution in [3.63, 3.8) is 0 Å². The number of carbonyl (C=O) groups excluding carboxylic acids is 2. The van der Waals surface area contributed by atoms with Crippen molar-refractivity contribution in [3.05, 3.63) is 29.1 Å². The number of halogens is 1. The van der Waals surface area contributed by atoms with Crippen LogP contribution in [0.1, 0.15) is 36.3 Å². The molecular formula is C17H22FN5O2. The molecule has 0 radical (unpaired) electrons. The van der Waals surface area contributed by atoms with Gasteiger partial charge >= 0.3 is 6.03 Å². The minimum Gasteiger partial charge on any atom is -0.385 e. The number of nitrogens with one attached hydrogen (secondary N) is 4. The highest BCUT2D eigenvalue weighted by atomic mass is 19.1. The summed E-state index contributed by atoms with van der Waals surface area (Å²) in [5.74, 6) is -0.710. The first-order chi connectivity index (χ1) is 12.0. The number of amidine groups is 1. The number of anilines is 1. The number of imide groups is 1. The Kier molecular flexibility index (Phi) is 4.98. The van der Waals surface area contributed by atoms with Crippen molar-refractivity contribution < 1.29 is 14.0 Å². The van der Waals surface area contributed by atoms with E-state index >= 15 is 4.39 Å². The normalized spacial score (nSPS) is 18.9. The largest absolute Gasteiger partial charge is 0.385 e. The maximum absolute atomic E-state index is 15.1. The lowest BCUT2D eigenvalue weighted by Crippen LogP contribution is -2.52. The van der Waals surface area contributed by atoms with E-state index in [2.05, 4.69) is 16.0 Å². The molecule has 2 aliphatic heterocycles. The second-order valence-corrected chi connectivity index (χ2v) is 6.27. The SMILES string of the molecule is CNc1c(C(=N)N2CCC(=O)NC2=O)ccc(C2CCNCC2)c1F. The topological polar surface area (TPSA) is 97.3 Å². The number of carbonyl (C=O) groups is 2. The average Bonchev–Trinajstić information content (AvgIpc) is 2.61. The molecule has 25 heavy (non-hydrogen) atoms. The fourth-order valence-electron chi connectivity index (χ4n) is 3.41. The molecule has 0 unspecified atom stereocenters. The number of nitrogens with zero attached hydrogens (tertiary/aromatic N) is 1. The minimum absolute atomic E-state index is 0.115. The van der Waals surface area contributed by atoms with E-state index < -0.39 is 6.03 Å². The van der Waals surface area contributed by atoms with Gasteiger partial charge in [0.1, 0.15) is 11.7 Å². The highest BCUT2D eigenvalue weighted by Crippen LogP contribution is 2.33. The van der Waals surface area contributed by atoms with Crippen molar-refractivity contribution in [2.45, 2.75) is 25.2 Å². The molecule has 8 heteroatoms. The summed E-state index contributed by atoms with van der Waals surface area (Å²) >= 11 is 0. The van der Waals surface area contributed by atoms with Gasteiger partial charge in [-0.15, -0.1) is 0 Å². The molecule has 2 heterocycles. The third kappa shape index (κ3) is 3.34. The molecule has 2 aliphatic rings. The first-order valence-corrected chi connectivity index (χ1v) is 8.44. The monoisotopic (exact) mass is 347 g/mol. The standard InChI is InChI=1S/C17H22FN5O2/c1-20-15-12(16(19)23-9-6-13(24)22-17(23)25)3-2-11(14(15)18)10-4-7-21-8-5-10/h2-3,10,19-21H,4-9H2,1H3,(H,22,24,25). The summed E-state index contributed by atoms with van der Waals surface area (Å²) in [7, 11) is 1.60. The van der Waals surface area contributed by atoms with Gasteiger partial charge in [0.25, 0.3) is 0 Å². The molecule has 0 aromatic heterocycles. The van der Waals surface area contributed by atoms with Crippen molar-refractivity contribution in [3.8, 4) is 0 Å². The van der Waals surface area contributed by atoms with Crippen LogP contribution in [-0.4, -0.2) is 49.4 Å². The van der Waals surface area contributed by atoms with E-state index in [-0.39, 0.29) is 42.1 Å². The van der Waals surface area contributed by atoms with Crippen molar-refractivity contribution >= 4 is 23.5 Å². The van der Waals surface area contributed by atoms with Gasteiger partial charge in [0.05, 0.1) is 5.69 Å². The van der Waals surface area contributed by atoms with Gasteiger partial charge in [-0.2, -0.15) is 0 Å². The molecule has 0 saturated carbocycles. The van der Waals surface area contributed by atoms with E-state index in [0.29, 0.717) is 11.1 Å². The van der Waals surface area contributed by atoms with Gasteiger partial charge < -0.3 is 10.6 Å². The zero-order chi connectivity index (χ0) is 18.0. The number of benzene rings is 1. The Balaban J connectivity index is 1.91. The summed E-state index contributed by atoms with van der Waals surface area (Å²) in [4.78, 5) is 24.4. The van der Waals surface area contributed by atoms with Crippen LogP contribution >= 0.6 is 0 Å². The van der Waals surface area contributed by atoms with Crippen LogP contribution in [0, 0.1) is 11.2 Å². The number of hydrogen-bond acceptors (Lipinski definition) is 5. The molecule has 2 fully saturated rings. The molecule has 134 valence electrons. The van der Waals surface area contributed by atoms with Crippen LogP contribution < -0.4 is 16.0 Å². The number of hydrogen-bond donors (Lipinski definition) is 4. The van der Waals surface area contributed by atoms with Crippen LogP contribution in [0.2, 0.25) is 0 Å². The van der Waals surface area contributed by atoms with Crippen LogP contribution in [0.25, 0.3) is 0 Å². The van der Waals surface area contributed by atoms with Crippen molar-refractivity contribution in [2.75, 3.05) is 32.0 Å². The molecule has 0 spiro atoms. The Hall–Kier alpha value is -2.48.